The highest BCUT2D eigenvalue weighted by Gasteiger charge is 2.26. The Hall–Kier alpha value is -2.49. The quantitative estimate of drug-likeness (QED) is 0.702. The van der Waals surface area contributed by atoms with Crippen LogP contribution >= 0.6 is 0 Å². The summed E-state index contributed by atoms with van der Waals surface area (Å²) in [4.78, 5) is 15.3. The Bertz CT molecular complexity index is 1050. The van der Waals surface area contributed by atoms with Crippen LogP contribution in [-0.4, -0.2) is 58.0 Å². The molecule has 1 heterocycles. The van der Waals surface area contributed by atoms with Gasteiger partial charge in [-0.05, 0) is 42.8 Å². The van der Waals surface area contributed by atoms with E-state index in [0.717, 1.165) is 0 Å². The number of carbonyl (C=O) groups is 1. The first-order valence-corrected chi connectivity index (χ1v) is 11.8. The minimum absolute atomic E-state index is 0.0503. The van der Waals surface area contributed by atoms with Crippen molar-refractivity contribution in [2.24, 2.45) is 0 Å². The van der Waals surface area contributed by atoms with E-state index in [9.17, 15) is 17.6 Å². The lowest BCUT2D eigenvalue weighted by atomic mass is 10.1. The highest BCUT2D eigenvalue weighted by molar-refractivity contribution is 7.89. The zero-order valence-electron chi connectivity index (χ0n) is 18.0. The fourth-order valence-corrected chi connectivity index (χ4v) is 5.05. The molecule has 1 aliphatic rings. The van der Waals surface area contributed by atoms with Crippen molar-refractivity contribution < 1.29 is 22.3 Å². The fraction of sp³-hybridized carbons (Fsp3) is 0.409. The summed E-state index contributed by atoms with van der Waals surface area (Å²) in [6.07, 6.45) is 0. The highest BCUT2D eigenvalue weighted by atomic mass is 32.2. The number of hydrogen-bond donors (Lipinski definition) is 1. The number of aryl methyl sites for hydroxylation is 1. The molecule has 0 radical (unpaired) electrons. The van der Waals surface area contributed by atoms with E-state index in [4.69, 9.17) is 4.74 Å². The predicted molar refractivity (Wildman–Crippen MR) is 119 cm³/mol. The fourth-order valence-electron chi connectivity index (χ4n) is 3.57. The molecular formula is C22H28FN3O4S. The lowest BCUT2D eigenvalue weighted by Gasteiger charge is -2.31. The molecule has 0 aromatic heterocycles. The lowest BCUT2D eigenvalue weighted by molar-refractivity contribution is 0.102. The third-order valence-corrected chi connectivity index (χ3v) is 7.40. The normalized spacial score (nSPS) is 14.7. The molecule has 0 spiro atoms. The zero-order valence-corrected chi connectivity index (χ0v) is 18.8. The number of sulfonamides is 1. The summed E-state index contributed by atoms with van der Waals surface area (Å²) < 4.78 is 46.5. The zero-order chi connectivity index (χ0) is 22.6. The van der Waals surface area contributed by atoms with Crippen LogP contribution in [0.1, 0.15) is 29.8 Å². The van der Waals surface area contributed by atoms with E-state index in [0.29, 0.717) is 56.3 Å². The Balaban J connectivity index is 2.05. The third-order valence-electron chi connectivity index (χ3n) is 5.36. The maximum atomic E-state index is 13.7. The molecule has 1 aliphatic heterocycles. The van der Waals surface area contributed by atoms with E-state index in [1.54, 1.807) is 32.9 Å². The van der Waals surface area contributed by atoms with Gasteiger partial charge in [0, 0.05) is 37.6 Å². The van der Waals surface area contributed by atoms with Crippen molar-refractivity contribution >= 4 is 27.3 Å². The number of morpholine rings is 1. The van der Waals surface area contributed by atoms with Crippen LogP contribution in [0.3, 0.4) is 0 Å². The van der Waals surface area contributed by atoms with E-state index >= 15 is 0 Å². The Labute approximate surface area is 182 Å². The van der Waals surface area contributed by atoms with Crippen molar-refractivity contribution in [1.29, 1.82) is 0 Å². The Morgan fingerprint density at radius 1 is 1.13 bits per heavy atom. The molecule has 0 bridgehead atoms. The summed E-state index contributed by atoms with van der Waals surface area (Å²) in [5.41, 5.74) is 1.89. The van der Waals surface area contributed by atoms with Gasteiger partial charge in [0.15, 0.2) is 0 Å². The van der Waals surface area contributed by atoms with Gasteiger partial charge in [-0.1, -0.05) is 19.9 Å². The summed E-state index contributed by atoms with van der Waals surface area (Å²) in [7, 11) is -3.74. The van der Waals surface area contributed by atoms with Gasteiger partial charge in [0.05, 0.1) is 23.7 Å². The van der Waals surface area contributed by atoms with E-state index in [2.05, 4.69) is 5.32 Å². The topological polar surface area (TPSA) is 79.0 Å². The second kappa shape index (κ2) is 9.76. The van der Waals surface area contributed by atoms with Crippen molar-refractivity contribution in [2.45, 2.75) is 25.7 Å². The van der Waals surface area contributed by atoms with Gasteiger partial charge < -0.3 is 15.0 Å². The molecule has 2 aromatic carbocycles. The molecule has 3 rings (SSSR count). The predicted octanol–water partition coefficient (Wildman–Crippen LogP) is 3.25. The molecule has 0 unspecified atom stereocenters. The molecule has 1 amide bonds. The first-order valence-electron chi connectivity index (χ1n) is 10.3. The number of rotatable bonds is 7. The Kier molecular flexibility index (Phi) is 7.30. The molecule has 1 fully saturated rings. The average molecular weight is 450 g/mol. The molecule has 2 aromatic rings. The van der Waals surface area contributed by atoms with Crippen LogP contribution in [0, 0.1) is 12.7 Å². The average Bonchev–Trinajstić information content (AvgIpc) is 2.77. The molecule has 168 valence electrons. The number of benzene rings is 2. The monoisotopic (exact) mass is 449 g/mol. The Morgan fingerprint density at radius 3 is 2.45 bits per heavy atom. The molecule has 0 atom stereocenters. The number of amides is 1. The van der Waals surface area contributed by atoms with Crippen LogP contribution in [0.4, 0.5) is 15.8 Å². The van der Waals surface area contributed by atoms with Gasteiger partial charge in [-0.15, -0.1) is 0 Å². The van der Waals surface area contributed by atoms with Gasteiger partial charge >= 0.3 is 0 Å². The minimum atomic E-state index is -3.74. The van der Waals surface area contributed by atoms with Crippen LogP contribution in [0.15, 0.2) is 41.3 Å². The van der Waals surface area contributed by atoms with Crippen molar-refractivity contribution in [1.82, 2.24) is 4.31 Å². The van der Waals surface area contributed by atoms with Gasteiger partial charge in [0.2, 0.25) is 10.0 Å². The molecule has 9 heteroatoms. The van der Waals surface area contributed by atoms with Gasteiger partial charge in [0.1, 0.15) is 5.82 Å². The van der Waals surface area contributed by atoms with Gasteiger partial charge in [-0.3, -0.25) is 4.79 Å². The maximum Gasteiger partial charge on any atom is 0.257 e. The standard InChI is InChI=1S/C22H28FN3O4S/c1-4-26(5-2)31(28,29)18-8-9-21(25-10-12-30-13-11-25)19(15-18)22(27)24-20-14-17(23)7-6-16(20)3/h6-9,14-15H,4-5,10-13H2,1-3H3,(H,24,27). The van der Waals surface area contributed by atoms with Crippen molar-refractivity contribution in [3.8, 4) is 0 Å². The van der Waals surface area contributed by atoms with Crippen LogP contribution < -0.4 is 10.2 Å². The molecule has 7 nitrogen and oxygen atoms in total. The van der Waals surface area contributed by atoms with Crippen LogP contribution in [0.2, 0.25) is 0 Å². The largest absolute Gasteiger partial charge is 0.378 e. The van der Waals surface area contributed by atoms with Gasteiger partial charge in [-0.25, -0.2) is 12.8 Å². The summed E-state index contributed by atoms with van der Waals surface area (Å²) in [6, 6.07) is 8.74. The van der Waals surface area contributed by atoms with Crippen molar-refractivity contribution in [3.63, 3.8) is 0 Å². The highest BCUT2D eigenvalue weighted by Crippen LogP contribution is 2.28. The van der Waals surface area contributed by atoms with Crippen molar-refractivity contribution in [3.05, 3.63) is 53.3 Å². The summed E-state index contributed by atoms with van der Waals surface area (Å²) >= 11 is 0. The number of nitrogens with zero attached hydrogens (tertiary/aromatic N) is 2. The molecule has 1 saturated heterocycles. The smallest absolute Gasteiger partial charge is 0.257 e. The number of nitrogens with one attached hydrogen (secondary N) is 1. The van der Waals surface area contributed by atoms with E-state index in [-0.39, 0.29) is 10.5 Å². The third kappa shape index (κ3) is 5.06. The summed E-state index contributed by atoms with van der Waals surface area (Å²) in [5, 5.41) is 2.74. The number of carbonyl (C=O) groups excluding carboxylic acids is 1. The summed E-state index contributed by atoms with van der Waals surface area (Å²) in [5.74, 6) is -0.959. The Morgan fingerprint density at radius 2 is 1.81 bits per heavy atom. The SMILES string of the molecule is CCN(CC)S(=O)(=O)c1ccc(N2CCOCC2)c(C(=O)Nc2cc(F)ccc2C)c1. The molecule has 31 heavy (non-hydrogen) atoms. The van der Waals surface area contributed by atoms with E-state index < -0.39 is 21.7 Å². The van der Waals surface area contributed by atoms with Crippen molar-refractivity contribution in [2.75, 3.05) is 49.6 Å². The van der Waals surface area contributed by atoms with Crippen LogP contribution in [0.25, 0.3) is 0 Å². The van der Waals surface area contributed by atoms with Crippen LogP contribution in [0.5, 0.6) is 0 Å². The summed E-state index contributed by atoms with van der Waals surface area (Å²) in [6.45, 7) is 8.16. The van der Waals surface area contributed by atoms with Gasteiger partial charge in [0.25, 0.3) is 5.91 Å². The van der Waals surface area contributed by atoms with E-state index in [1.807, 2.05) is 4.90 Å². The van der Waals surface area contributed by atoms with E-state index in [1.165, 1.54) is 28.6 Å². The second-order valence-electron chi connectivity index (χ2n) is 7.28. The number of ether oxygens (including phenoxy) is 1. The first kappa shape index (κ1) is 23.2. The molecule has 1 N–H and O–H groups in total. The van der Waals surface area contributed by atoms with Gasteiger partial charge in [-0.2, -0.15) is 4.31 Å². The molecular weight excluding hydrogens is 421 g/mol. The molecule has 0 aliphatic carbocycles. The second-order valence-corrected chi connectivity index (χ2v) is 9.22. The number of halogens is 1. The maximum absolute atomic E-state index is 13.7. The first-order chi connectivity index (χ1) is 14.8. The van der Waals surface area contributed by atoms with Crippen LogP contribution in [-0.2, 0) is 14.8 Å². The minimum Gasteiger partial charge on any atom is -0.378 e. The number of hydrogen-bond acceptors (Lipinski definition) is 5. The lowest BCUT2D eigenvalue weighted by Crippen LogP contribution is -2.37. The molecule has 0 saturated carbocycles. The number of anilines is 2.